The van der Waals surface area contributed by atoms with Gasteiger partial charge in [0.15, 0.2) is 0 Å². The Hall–Kier alpha value is -1.78. The maximum atomic E-state index is 13.3. The molecule has 0 bridgehead atoms. The zero-order chi connectivity index (χ0) is 19.7. The van der Waals surface area contributed by atoms with Crippen molar-refractivity contribution in [1.29, 1.82) is 0 Å². The lowest BCUT2D eigenvalue weighted by molar-refractivity contribution is -0.123. The smallest absolute Gasteiger partial charge is 0.230 e. The first-order valence-corrected chi connectivity index (χ1v) is 10.8. The minimum Gasteiger partial charge on any atom is -0.357 e. The maximum absolute atomic E-state index is 13.3. The highest BCUT2D eigenvalue weighted by atomic mass is 35.5. The molecule has 1 fully saturated rings. The largest absolute Gasteiger partial charge is 0.357 e. The predicted octanol–water partition coefficient (Wildman–Crippen LogP) is 5.28. The molecule has 1 saturated heterocycles. The van der Waals surface area contributed by atoms with Crippen molar-refractivity contribution in [3.05, 3.63) is 51.6 Å². The molecule has 2 aromatic rings. The van der Waals surface area contributed by atoms with E-state index in [0.29, 0.717) is 5.02 Å². The summed E-state index contributed by atoms with van der Waals surface area (Å²) in [6.07, 6.45) is 6.52. The topological polar surface area (TPSA) is 36.4 Å². The number of amides is 1. The molecule has 28 heavy (non-hydrogen) atoms. The number of hydrogen-bond acceptors (Lipinski definition) is 3. The summed E-state index contributed by atoms with van der Waals surface area (Å²) in [6, 6.07) is 7.94. The highest BCUT2D eigenvalue weighted by Crippen LogP contribution is 2.32. The second kappa shape index (κ2) is 8.30. The van der Waals surface area contributed by atoms with Gasteiger partial charge in [-0.1, -0.05) is 23.2 Å². The Morgan fingerprint density at radius 3 is 2.64 bits per heavy atom. The number of benzene rings is 1. The van der Waals surface area contributed by atoms with Crippen molar-refractivity contribution < 1.29 is 4.79 Å². The first-order chi connectivity index (χ1) is 13.5. The van der Waals surface area contributed by atoms with E-state index in [1.165, 1.54) is 5.56 Å². The summed E-state index contributed by atoms with van der Waals surface area (Å²) in [6.45, 7) is 4.47. The minimum absolute atomic E-state index is 0.0614. The number of aryl methyl sites for hydroxylation is 2. The number of halogens is 2. The van der Waals surface area contributed by atoms with Gasteiger partial charge in [0.1, 0.15) is 5.82 Å². The molecule has 0 atom stereocenters. The summed E-state index contributed by atoms with van der Waals surface area (Å²) in [7, 11) is 0. The van der Waals surface area contributed by atoms with Crippen LogP contribution in [0, 0.1) is 12.8 Å². The standard InChI is InChI=1S/C22H25Cl2N3O/c1-15-12-21(25-14-19(15)24)26-10-7-16(8-11-26)22(28)27-9-3-2-4-17-13-18(23)5-6-20(17)27/h5-6,12-14,16H,2-4,7-11H2,1H3. The molecule has 0 spiro atoms. The molecule has 4 rings (SSSR count). The van der Waals surface area contributed by atoms with Crippen LogP contribution in [-0.2, 0) is 11.2 Å². The number of hydrogen-bond donors (Lipinski definition) is 0. The molecule has 4 nitrogen and oxygen atoms in total. The van der Waals surface area contributed by atoms with E-state index in [9.17, 15) is 4.79 Å². The normalized spacial score (nSPS) is 18.0. The molecular weight excluding hydrogens is 393 g/mol. The van der Waals surface area contributed by atoms with E-state index in [2.05, 4.69) is 9.88 Å². The lowest BCUT2D eigenvalue weighted by atomic mass is 9.94. The quantitative estimate of drug-likeness (QED) is 0.666. The van der Waals surface area contributed by atoms with Gasteiger partial charge in [-0.25, -0.2) is 4.98 Å². The number of fused-ring (bicyclic) bond motifs is 1. The van der Waals surface area contributed by atoms with Crippen molar-refractivity contribution in [2.24, 2.45) is 5.92 Å². The lowest BCUT2D eigenvalue weighted by Crippen LogP contribution is -2.43. The monoisotopic (exact) mass is 417 g/mol. The fraction of sp³-hybridized carbons (Fsp3) is 0.455. The van der Waals surface area contributed by atoms with Gasteiger partial charge < -0.3 is 9.80 Å². The molecule has 1 aromatic heterocycles. The molecular formula is C22H25Cl2N3O. The first-order valence-electron chi connectivity index (χ1n) is 10.00. The molecule has 0 N–H and O–H groups in total. The van der Waals surface area contributed by atoms with Gasteiger partial charge in [0.2, 0.25) is 5.91 Å². The van der Waals surface area contributed by atoms with Crippen LogP contribution in [-0.4, -0.2) is 30.5 Å². The summed E-state index contributed by atoms with van der Waals surface area (Å²) in [5.74, 6) is 1.26. The summed E-state index contributed by atoms with van der Waals surface area (Å²) >= 11 is 12.3. The van der Waals surface area contributed by atoms with E-state index in [1.807, 2.05) is 36.1 Å². The van der Waals surface area contributed by atoms with Gasteiger partial charge >= 0.3 is 0 Å². The van der Waals surface area contributed by atoms with Crippen LogP contribution in [0.2, 0.25) is 10.0 Å². The average Bonchev–Trinajstić information content (AvgIpc) is 2.91. The molecule has 1 amide bonds. The number of carbonyl (C=O) groups is 1. The third-order valence-electron chi connectivity index (χ3n) is 5.88. The highest BCUT2D eigenvalue weighted by molar-refractivity contribution is 6.31. The van der Waals surface area contributed by atoms with Crippen LogP contribution < -0.4 is 9.80 Å². The molecule has 148 valence electrons. The van der Waals surface area contributed by atoms with Crippen LogP contribution >= 0.6 is 23.2 Å². The van der Waals surface area contributed by atoms with Crippen LogP contribution in [0.1, 0.15) is 36.8 Å². The van der Waals surface area contributed by atoms with E-state index >= 15 is 0 Å². The fourth-order valence-corrected chi connectivity index (χ4v) is 4.52. The Morgan fingerprint density at radius 1 is 1.11 bits per heavy atom. The molecule has 1 aromatic carbocycles. The second-order valence-electron chi connectivity index (χ2n) is 7.77. The van der Waals surface area contributed by atoms with Crippen LogP contribution in [0.25, 0.3) is 0 Å². The number of anilines is 2. The van der Waals surface area contributed by atoms with E-state index in [-0.39, 0.29) is 11.8 Å². The lowest BCUT2D eigenvalue weighted by Gasteiger charge is -2.35. The Bertz CT molecular complexity index is 878. The van der Waals surface area contributed by atoms with Crippen molar-refractivity contribution in [3.8, 4) is 0 Å². The van der Waals surface area contributed by atoms with Gasteiger partial charge in [-0.15, -0.1) is 0 Å². The zero-order valence-corrected chi connectivity index (χ0v) is 17.6. The molecule has 0 unspecified atom stereocenters. The Labute approximate surface area is 176 Å². The molecule has 2 aliphatic rings. The first kappa shape index (κ1) is 19.5. The van der Waals surface area contributed by atoms with Crippen molar-refractivity contribution in [2.75, 3.05) is 29.4 Å². The summed E-state index contributed by atoms with van der Waals surface area (Å²) in [4.78, 5) is 22.1. The number of pyridine rings is 1. The predicted molar refractivity (Wildman–Crippen MR) is 116 cm³/mol. The van der Waals surface area contributed by atoms with E-state index < -0.39 is 0 Å². The van der Waals surface area contributed by atoms with Gasteiger partial charge in [-0.2, -0.15) is 0 Å². The minimum atomic E-state index is 0.0614. The van der Waals surface area contributed by atoms with Crippen LogP contribution in [0.4, 0.5) is 11.5 Å². The van der Waals surface area contributed by atoms with Crippen LogP contribution in [0.5, 0.6) is 0 Å². The Balaban J connectivity index is 1.46. The highest BCUT2D eigenvalue weighted by Gasteiger charge is 2.31. The molecule has 0 radical (unpaired) electrons. The van der Waals surface area contributed by atoms with Crippen molar-refractivity contribution in [3.63, 3.8) is 0 Å². The number of piperidine rings is 1. The Kier molecular flexibility index (Phi) is 5.79. The van der Waals surface area contributed by atoms with Gasteiger partial charge in [-0.3, -0.25) is 4.79 Å². The van der Waals surface area contributed by atoms with E-state index in [4.69, 9.17) is 23.2 Å². The Morgan fingerprint density at radius 2 is 1.89 bits per heavy atom. The van der Waals surface area contributed by atoms with Crippen molar-refractivity contribution in [2.45, 2.75) is 39.0 Å². The third-order valence-corrected chi connectivity index (χ3v) is 6.51. The summed E-state index contributed by atoms with van der Waals surface area (Å²) in [5.41, 5.74) is 3.27. The number of aromatic nitrogens is 1. The average molecular weight is 418 g/mol. The maximum Gasteiger partial charge on any atom is 0.230 e. The third kappa shape index (κ3) is 3.99. The molecule has 3 heterocycles. The SMILES string of the molecule is Cc1cc(N2CCC(C(=O)N3CCCCc4cc(Cl)ccc43)CC2)ncc1Cl. The molecule has 0 saturated carbocycles. The molecule has 2 aliphatic heterocycles. The number of carbonyl (C=O) groups excluding carboxylic acids is 1. The van der Waals surface area contributed by atoms with Crippen molar-refractivity contribution in [1.82, 2.24) is 4.98 Å². The van der Waals surface area contributed by atoms with Crippen molar-refractivity contribution >= 4 is 40.6 Å². The van der Waals surface area contributed by atoms with Gasteiger partial charge in [0.05, 0.1) is 5.02 Å². The fourth-order valence-electron chi connectivity index (χ4n) is 4.23. The van der Waals surface area contributed by atoms with E-state index in [1.54, 1.807) is 6.20 Å². The van der Waals surface area contributed by atoms with Gasteiger partial charge in [0.25, 0.3) is 0 Å². The van der Waals surface area contributed by atoms with E-state index in [0.717, 1.165) is 73.8 Å². The summed E-state index contributed by atoms with van der Waals surface area (Å²) in [5, 5.41) is 1.43. The molecule has 6 heteroatoms. The molecule has 0 aliphatic carbocycles. The van der Waals surface area contributed by atoms with Crippen LogP contribution in [0.15, 0.2) is 30.5 Å². The zero-order valence-electron chi connectivity index (χ0n) is 16.1. The van der Waals surface area contributed by atoms with Gasteiger partial charge in [0, 0.05) is 42.5 Å². The number of nitrogens with zero attached hydrogens (tertiary/aromatic N) is 3. The van der Waals surface area contributed by atoms with Gasteiger partial charge in [-0.05, 0) is 74.4 Å². The number of rotatable bonds is 2. The second-order valence-corrected chi connectivity index (χ2v) is 8.62. The van der Waals surface area contributed by atoms with Crippen LogP contribution in [0.3, 0.4) is 0 Å². The summed E-state index contributed by atoms with van der Waals surface area (Å²) < 4.78 is 0.